The molecule has 0 amide bonds. The van der Waals surface area contributed by atoms with E-state index in [2.05, 4.69) is 206 Å². The summed E-state index contributed by atoms with van der Waals surface area (Å²) >= 11 is 0. The Hall–Kier alpha value is -6.44. The smallest absolute Gasteiger partial charge is 0.0754 e. The zero-order valence-electron chi connectivity index (χ0n) is 28.9. The maximum atomic E-state index is 2.58. The van der Waals surface area contributed by atoms with Gasteiger partial charge in [0, 0.05) is 11.3 Å². The van der Waals surface area contributed by atoms with Crippen LogP contribution in [-0.4, -0.2) is 0 Å². The van der Waals surface area contributed by atoms with Crippen molar-refractivity contribution in [1.82, 2.24) is 0 Å². The molecule has 1 aliphatic heterocycles. The Labute approximate surface area is 305 Å². The van der Waals surface area contributed by atoms with E-state index >= 15 is 0 Å². The zero-order chi connectivity index (χ0) is 34.4. The Morgan fingerprint density at radius 3 is 1.58 bits per heavy atom. The molecule has 1 heterocycles. The first-order valence-corrected chi connectivity index (χ1v) is 18.3. The predicted octanol–water partition coefficient (Wildman–Crippen LogP) is 12.5. The van der Waals surface area contributed by atoms with Gasteiger partial charge in [-0.2, -0.15) is 0 Å². The van der Waals surface area contributed by atoms with Gasteiger partial charge in [-0.05, 0) is 98.5 Å². The number of fused-ring (bicyclic) bond motifs is 8. The van der Waals surface area contributed by atoms with Gasteiger partial charge in [-0.1, -0.05) is 169 Å². The second kappa shape index (κ2) is 10.8. The Kier molecular flexibility index (Phi) is 6.08. The first-order chi connectivity index (χ1) is 25.7. The number of rotatable bonds is 4. The molecule has 2 atom stereocenters. The van der Waals surface area contributed by atoms with E-state index in [0.717, 1.165) is 5.69 Å². The van der Waals surface area contributed by atoms with Gasteiger partial charge in [0.25, 0.3) is 0 Å². The molecule has 2 unspecified atom stereocenters. The van der Waals surface area contributed by atoms with Crippen molar-refractivity contribution in [2.75, 3.05) is 4.90 Å². The highest BCUT2D eigenvalue weighted by atomic mass is 15.2. The van der Waals surface area contributed by atoms with E-state index < -0.39 is 10.8 Å². The minimum absolute atomic E-state index is 0.504. The van der Waals surface area contributed by atoms with Crippen molar-refractivity contribution >= 4 is 17.1 Å². The van der Waals surface area contributed by atoms with Crippen LogP contribution in [0.5, 0.6) is 0 Å². The summed E-state index contributed by atoms with van der Waals surface area (Å²) in [7, 11) is 0. The van der Waals surface area contributed by atoms with Gasteiger partial charge in [0.05, 0.1) is 22.2 Å². The van der Waals surface area contributed by atoms with E-state index in [1.165, 1.54) is 83.7 Å². The highest BCUT2D eigenvalue weighted by Gasteiger charge is 2.54. The predicted molar refractivity (Wildman–Crippen MR) is 214 cm³/mol. The molecule has 8 aromatic rings. The van der Waals surface area contributed by atoms with Crippen LogP contribution in [0.3, 0.4) is 0 Å². The molecule has 0 N–H and O–H groups in total. The summed E-state index contributed by atoms with van der Waals surface area (Å²) in [4.78, 5) is 2.54. The van der Waals surface area contributed by atoms with Crippen molar-refractivity contribution in [3.8, 4) is 22.3 Å². The minimum Gasteiger partial charge on any atom is -0.310 e. The monoisotopic (exact) mass is 661 g/mol. The van der Waals surface area contributed by atoms with Crippen molar-refractivity contribution in [1.29, 1.82) is 0 Å². The van der Waals surface area contributed by atoms with Crippen molar-refractivity contribution in [3.63, 3.8) is 0 Å². The lowest BCUT2D eigenvalue weighted by atomic mass is 9.63. The summed E-state index contributed by atoms with van der Waals surface area (Å²) in [5.41, 5.74) is 19.6. The molecule has 0 aromatic heterocycles. The number of anilines is 3. The summed E-state index contributed by atoms with van der Waals surface area (Å²) in [5, 5.41) is 0. The lowest BCUT2D eigenvalue weighted by Crippen LogP contribution is -2.36. The number of nitrogens with zero attached hydrogens (tertiary/aromatic N) is 1. The molecular weight excluding hydrogens is 627 g/mol. The van der Waals surface area contributed by atoms with Crippen LogP contribution in [0.2, 0.25) is 0 Å². The van der Waals surface area contributed by atoms with Crippen molar-refractivity contribution in [2.24, 2.45) is 0 Å². The molecule has 0 fully saturated rings. The third-order valence-electron chi connectivity index (χ3n) is 12.0. The van der Waals surface area contributed by atoms with Crippen molar-refractivity contribution in [2.45, 2.75) is 17.8 Å². The van der Waals surface area contributed by atoms with Crippen LogP contribution in [0.15, 0.2) is 194 Å². The SMILES string of the molecule is Cc1cccc(C2(c3ccccc3)c3ccccc3-c3cc4c(cc32)N(c2ccccc2)c2cccc3c2C4(c2ccccc2)c2ccccc2-3)c1. The molecule has 11 rings (SSSR count). The fraction of sp³-hybridized carbons (Fsp3) is 0.0588. The van der Waals surface area contributed by atoms with Crippen LogP contribution in [-0.2, 0) is 10.8 Å². The highest BCUT2D eigenvalue weighted by molar-refractivity contribution is 6.01. The van der Waals surface area contributed by atoms with E-state index in [1.807, 2.05) is 0 Å². The highest BCUT2D eigenvalue weighted by Crippen LogP contribution is 2.67. The molecule has 3 aliphatic rings. The molecule has 0 radical (unpaired) electrons. The van der Waals surface area contributed by atoms with E-state index in [1.54, 1.807) is 0 Å². The van der Waals surface area contributed by atoms with Gasteiger partial charge in [0.15, 0.2) is 0 Å². The number of benzene rings is 8. The molecule has 0 spiro atoms. The quantitative estimate of drug-likeness (QED) is 0.181. The van der Waals surface area contributed by atoms with Gasteiger partial charge in [-0.25, -0.2) is 0 Å². The van der Waals surface area contributed by atoms with Crippen molar-refractivity contribution < 1.29 is 0 Å². The van der Waals surface area contributed by atoms with Crippen LogP contribution in [0.4, 0.5) is 17.1 Å². The molecule has 0 saturated heterocycles. The van der Waals surface area contributed by atoms with Crippen LogP contribution < -0.4 is 4.90 Å². The van der Waals surface area contributed by atoms with Gasteiger partial charge < -0.3 is 4.90 Å². The zero-order valence-corrected chi connectivity index (χ0v) is 28.9. The average molecular weight is 662 g/mol. The maximum Gasteiger partial charge on any atom is 0.0754 e. The fourth-order valence-corrected chi connectivity index (χ4v) is 10.1. The molecule has 1 heteroatoms. The number of para-hydroxylation sites is 1. The van der Waals surface area contributed by atoms with E-state index in [9.17, 15) is 0 Å². The largest absolute Gasteiger partial charge is 0.310 e. The van der Waals surface area contributed by atoms with Gasteiger partial charge >= 0.3 is 0 Å². The van der Waals surface area contributed by atoms with Gasteiger partial charge in [0.2, 0.25) is 0 Å². The first-order valence-electron chi connectivity index (χ1n) is 18.3. The van der Waals surface area contributed by atoms with Gasteiger partial charge in [0.1, 0.15) is 0 Å². The molecule has 244 valence electrons. The van der Waals surface area contributed by atoms with Crippen LogP contribution in [0.1, 0.15) is 50.1 Å². The average Bonchev–Trinajstić information content (AvgIpc) is 3.68. The van der Waals surface area contributed by atoms with Crippen LogP contribution >= 0.6 is 0 Å². The van der Waals surface area contributed by atoms with Gasteiger partial charge in [-0.3, -0.25) is 0 Å². The van der Waals surface area contributed by atoms with E-state index in [0.29, 0.717) is 0 Å². The summed E-state index contributed by atoms with van der Waals surface area (Å²) in [6.45, 7) is 2.21. The minimum atomic E-state index is -0.508. The molecule has 1 nitrogen and oxygen atoms in total. The standard InChI is InChI=1S/C51H35N/c1-34-17-15-22-37(31-34)50(35-18-5-2-6-19-35)43-28-13-12-26-40(43)42-32-46-48(33-45(42)50)52(38-23-9-4-10-24-38)47-30-16-27-41-39-25-11-14-29-44(39)51(46,49(41)47)36-20-7-3-8-21-36/h2-33H,1H3. The Morgan fingerprint density at radius 2 is 0.885 bits per heavy atom. The molecule has 52 heavy (non-hydrogen) atoms. The number of hydrogen-bond acceptors (Lipinski definition) is 1. The molecule has 0 bridgehead atoms. The third kappa shape index (κ3) is 3.62. The summed E-state index contributed by atoms with van der Waals surface area (Å²) in [5.74, 6) is 0. The second-order valence-corrected chi connectivity index (χ2v) is 14.5. The Bertz CT molecular complexity index is 2690. The fourth-order valence-electron chi connectivity index (χ4n) is 10.1. The Balaban J connectivity index is 1.35. The summed E-state index contributed by atoms with van der Waals surface area (Å²) in [6, 6.07) is 72.8. The number of aryl methyl sites for hydroxylation is 1. The number of hydrogen-bond donors (Lipinski definition) is 0. The molecule has 0 saturated carbocycles. The lowest BCUT2D eigenvalue weighted by molar-refractivity contribution is 0.743. The molecule has 2 aliphatic carbocycles. The molecule has 8 aromatic carbocycles. The molecular formula is C51H35N. The summed E-state index contributed by atoms with van der Waals surface area (Å²) in [6.07, 6.45) is 0. The topological polar surface area (TPSA) is 3.24 Å². The van der Waals surface area contributed by atoms with Crippen LogP contribution in [0.25, 0.3) is 22.3 Å². The normalized spacial score (nSPS) is 18.6. The van der Waals surface area contributed by atoms with Crippen LogP contribution in [0, 0.1) is 6.92 Å². The van der Waals surface area contributed by atoms with E-state index in [4.69, 9.17) is 0 Å². The van der Waals surface area contributed by atoms with Gasteiger partial charge in [-0.15, -0.1) is 0 Å². The third-order valence-corrected chi connectivity index (χ3v) is 12.0. The summed E-state index contributed by atoms with van der Waals surface area (Å²) < 4.78 is 0. The maximum absolute atomic E-state index is 2.58. The lowest BCUT2D eigenvalue weighted by Gasteiger charge is -2.45. The Morgan fingerprint density at radius 1 is 0.346 bits per heavy atom. The second-order valence-electron chi connectivity index (χ2n) is 14.5. The van der Waals surface area contributed by atoms with Crippen molar-refractivity contribution in [3.05, 3.63) is 244 Å². The first kappa shape index (κ1) is 29.3. The van der Waals surface area contributed by atoms with E-state index in [-0.39, 0.29) is 0 Å².